The van der Waals surface area contributed by atoms with Gasteiger partial charge in [-0.3, -0.25) is 4.79 Å². The highest BCUT2D eigenvalue weighted by Gasteiger charge is 2.06. The Bertz CT molecular complexity index is 414. The molecule has 1 aromatic carbocycles. The molecule has 2 N–H and O–H groups in total. The number of hydrogen-bond acceptors (Lipinski definition) is 4. The quantitative estimate of drug-likeness (QED) is 0.727. The van der Waals surface area contributed by atoms with Gasteiger partial charge in [0.05, 0.1) is 30.8 Å². The van der Waals surface area contributed by atoms with Crippen molar-refractivity contribution in [3.8, 4) is 5.75 Å². The molecule has 1 rings (SSSR count). The smallest absolute Gasteiger partial charge is 0.223 e. The zero-order valence-corrected chi connectivity index (χ0v) is 12.2. The molecule has 0 saturated heterocycles. The van der Waals surface area contributed by atoms with Gasteiger partial charge in [-0.25, -0.2) is 0 Å². The number of carbonyl (C=O) groups is 1. The minimum absolute atomic E-state index is 0.123. The van der Waals surface area contributed by atoms with E-state index in [0.29, 0.717) is 23.7 Å². The molecule has 0 heterocycles. The minimum Gasteiger partial charge on any atom is -0.491 e. The van der Waals surface area contributed by atoms with Crippen LogP contribution in [-0.2, 0) is 9.53 Å². The summed E-state index contributed by atoms with van der Waals surface area (Å²) in [4.78, 5) is 11.5. The second-order valence-corrected chi connectivity index (χ2v) is 4.68. The van der Waals surface area contributed by atoms with E-state index in [4.69, 9.17) is 21.1 Å². The van der Waals surface area contributed by atoms with Gasteiger partial charge in [-0.1, -0.05) is 23.7 Å². The van der Waals surface area contributed by atoms with Crippen LogP contribution < -0.4 is 10.1 Å². The number of methoxy groups -OCH3 is 1. The van der Waals surface area contributed by atoms with E-state index in [9.17, 15) is 9.90 Å². The Balaban J connectivity index is 2.13. The van der Waals surface area contributed by atoms with Gasteiger partial charge >= 0.3 is 0 Å². The first-order valence-corrected chi connectivity index (χ1v) is 6.82. The zero-order valence-electron chi connectivity index (χ0n) is 11.5. The SMILES string of the molecule is COCC(O)CCNC(=O)CCOc1ccccc1Cl. The molecule has 0 bridgehead atoms. The fourth-order valence-electron chi connectivity index (χ4n) is 1.56. The van der Waals surface area contributed by atoms with Crippen molar-refractivity contribution in [2.45, 2.75) is 18.9 Å². The maximum Gasteiger partial charge on any atom is 0.223 e. The van der Waals surface area contributed by atoms with Gasteiger partial charge in [-0.05, 0) is 18.6 Å². The van der Waals surface area contributed by atoms with Crippen molar-refractivity contribution in [1.29, 1.82) is 0 Å². The molecule has 0 saturated carbocycles. The number of benzene rings is 1. The number of para-hydroxylation sites is 1. The van der Waals surface area contributed by atoms with Gasteiger partial charge in [0, 0.05) is 13.7 Å². The number of rotatable bonds is 9. The van der Waals surface area contributed by atoms with Gasteiger partial charge in [-0.15, -0.1) is 0 Å². The van der Waals surface area contributed by atoms with Crippen molar-refractivity contribution in [3.63, 3.8) is 0 Å². The van der Waals surface area contributed by atoms with Crippen LogP contribution in [0.2, 0.25) is 5.02 Å². The predicted octanol–water partition coefficient (Wildman–Crippen LogP) is 1.62. The number of nitrogens with one attached hydrogen (secondary N) is 1. The molecule has 0 fully saturated rings. The van der Waals surface area contributed by atoms with Gasteiger partial charge < -0.3 is 19.9 Å². The fourth-order valence-corrected chi connectivity index (χ4v) is 1.75. The average Bonchev–Trinajstić information content (AvgIpc) is 2.41. The Kier molecular flexibility index (Phi) is 8.02. The van der Waals surface area contributed by atoms with Gasteiger partial charge in [0.25, 0.3) is 0 Å². The van der Waals surface area contributed by atoms with Crippen molar-refractivity contribution >= 4 is 17.5 Å². The molecule has 0 aromatic heterocycles. The van der Waals surface area contributed by atoms with E-state index < -0.39 is 6.10 Å². The summed E-state index contributed by atoms with van der Waals surface area (Å²) in [6.45, 7) is 0.942. The van der Waals surface area contributed by atoms with Crippen LogP contribution in [0.5, 0.6) is 5.75 Å². The highest BCUT2D eigenvalue weighted by Crippen LogP contribution is 2.22. The third kappa shape index (κ3) is 6.75. The average molecular weight is 302 g/mol. The topological polar surface area (TPSA) is 67.8 Å². The van der Waals surface area contributed by atoms with Crippen LogP contribution in [0.3, 0.4) is 0 Å². The van der Waals surface area contributed by atoms with Crippen molar-refractivity contribution in [2.24, 2.45) is 0 Å². The molecule has 1 atom stereocenters. The molecule has 112 valence electrons. The van der Waals surface area contributed by atoms with Crippen LogP contribution >= 0.6 is 11.6 Å². The lowest BCUT2D eigenvalue weighted by atomic mass is 10.2. The number of aliphatic hydroxyl groups excluding tert-OH is 1. The minimum atomic E-state index is -0.556. The summed E-state index contributed by atoms with van der Waals surface area (Å²) in [6.07, 6.45) is 0.149. The largest absolute Gasteiger partial charge is 0.491 e. The Morgan fingerprint density at radius 2 is 2.20 bits per heavy atom. The second-order valence-electron chi connectivity index (χ2n) is 4.28. The van der Waals surface area contributed by atoms with Crippen LogP contribution in [-0.4, -0.2) is 44.0 Å². The summed E-state index contributed by atoms with van der Waals surface area (Å²) in [6, 6.07) is 7.11. The lowest BCUT2D eigenvalue weighted by molar-refractivity contribution is -0.121. The van der Waals surface area contributed by atoms with E-state index in [1.807, 2.05) is 12.1 Å². The molecule has 0 aliphatic carbocycles. The van der Waals surface area contributed by atoms with E-state index in [1.165, 1.54) is 7.11 Å². The van der Waals surface area contributed by atoms with Crippen LogP contribution in [0.25, 0.3) is 0 Å². The van der Waals surface area contributed by atoms with Crippen LogP contribution in [0.15, 0.2) is 24.3 Å². The van der Waals surface area contributed by atoms with E-state index in [2.05, 4.69) is 5.32 Å². The Hall–Kier alpha value is -1.30. The normalized spacial score (nSPS) is 11.9. The van der Waals surface area contributed by atoms with Crippen LogP contribution in [0.1, 0.15) is 12.8 Å². The molecule has 20 heavy (non-hydrogen) atoms. The highest BCUT2D eigenvalue weighted by atomic mass is 35.5. The Morgan fingerprint density at radius 3 is 2.90 bits per heavy atom. The maximum absolute atomic E-state index is 11.5. The summed E-state index contributed by atoms with van der Waals surface area (Å²) < 4.78 is 10.2. The van der Waals surface area contributed by atoms with E-state index in [-0.39, 0.29) is 25.5 Å². The summed E-state index contributed by atoms with van der Waals surface area (Å²) in [5, 5.41) is 12.6. The Morgan fingerprint density at radius 1 is 1.45 bits per heavy atom. The molecule has 0 spiro atoms. The first kappa shape index (κ1) is 16.8. The molecule has 0 aliphatic heterocycles. The number of carbonyl (C=O) groups excluding carboxylic acids is 1. The summed E-state index contributed by atoms with van der Waals surface area (Å²) in [5.41, 5.74) is 0. The van der Waals surface area contributed by atoms with Crippen molar-refractivity contribution in [2.75, 3.05) is 26.9 Å². The number of amides is 1. The predicted molar refractivity (Wildman–Crippen MR) is 77.1 cm³/mol. The van der Waals surface area contributed by atoms with Gasteiger partial charge in [0.15, 0.2) is 0 Å². The highest BCUT2D eigenvalue weighted by molar-refractivity contribution is 6.32. The molecule has 5 nitrogen and oxygen atoms in total. The van der Waals surface area contributed by atoms with Crippen molar-refractivity contribution < 1.29 is 19.4 Å². The number of halogens is 1. The summed E-state index contributed by atoms with van der Waals surface area (Å²) >= 11 is 5.92. The third-order valence-electron chi connectivity index (χ3n) is 2.58. The monoisotopic (exact) mass is 301 g/mol. The van der Waals surface area contributed by atoms with Crippen LogP contribution in [0.4, 0.5) is 0 Å². The fraction of sp³-hybridized carbons (Fsp3) is 0.500. The lowest BCUT2D eigenvalue weighted by Gasteiger charge is -2.10. The molecule has 6 heteroatoms. The molecule has 1 unspecified atom stereocenters. The number of aliphatic hydroxyl groups is 1. The molecule has 1 aromatic rings. The van der Waals surface area contributed by atoms with Crippen molar-refractivity contribution in [1.82, 2.24) is 5.32 Å². The first-order valence-electron chi connectivity index (χ1n) is 6.44. The number of hydrogen-bond donors (Lipinski definition) is 2. The van der Waals surface area contributed by atoms with Crippen LogP contribution in [0, 0.1) is 0 Å². The first-order chi connectivity index (χ1) is 9.63. The van der Waals surface area contributed by atoms with E-state index in [0.717, 1.165) is 0 Å². The summed E-state index contributed by atoms with van der Waals surface area (Å²) in [5.74, 6) is 0.444. The maximum atomic E-state index is 11.5. The Labute approximate surface area is 123 Å². The molecule has 1 amide bonds. The standard InChI is InChI=1S/C14H20ClNO4/c1-19-10-11(17)6-8-16-14(18)7-9-20-13-5-3-2-4-12(13)15/h2-5,11,17H,6-10H2,1H3,(H,16,18). The van der Waals surface area contributed by atoms with Gasteiger partial charge in [0.1, 0.15) is 5.75 Å². The molecular weight excluding hydrogens is 282 g/mol. The molecule has 0 radical (unpaired) electrons. The van der Waals surface area contributed by atoms with Crippen molar-refractivity contribution in [3.05, 3.63) is 29.3 Å². The van der Waals surface area contributed by atoms with Gasteiger partial charge in [-0.2, -0.15) is 0 Å². The zero-order chi connectivity index (χ0) is 14.8. The second kappa shape index (κ2) is 9.58. The lowest BCUT2D eigenvalue weighted by Crippen LogP contribution is -2.29. The molecular formula is C14H20ClNO4. The van der Waals surface area contributed by atoms with Gasteiger partial charge in [0.2, 0.25) is 5.91 Å². The van der Waals surface area contributed by atoms with E-state index >= 15 is 0 Å². The third-order valence-corrected chi connectivity index (χ3v) is 2.89. The van der Waals surface area contributed by atoms with E-state index in [1.54, 1.807) is 12.1 Å². The molecule has 0 aliphatic rings. The number of ether oxygens (including phenoxy) is 2. The summed E-state index contributed by atoms with van der Waals surface area (Å²) in [7, 11) is 1.52.